The van der Waals surface area contributed by atoms with Gasteiger partial charge < -0.3 is 5.32 Å². The van der Waals surface area contributed by atoms with Crippen molar-refractivity contribution in [1.29, 1.82) is 0 Å². The first-order chi connectivity index (χ1) is 9.52. The third-order valence-electron chi connectivity index (χ3n) is 3.14. The van der Waals surface area contributed by atoms with Crippen LogP contribution in [-0.2, 0) is 0 Å². The highest BCUT2D eigenvalue weighted by Gasteiger charge is 2.24. The summed E-state index contributed by atoms with van der Waals surface area (Å²) in [4.78, 5) is 24.8. The fourth-order valence-electron chi connectivity index (χ4n) is 2.08. The molecule has 0 radical (unpaired) electrons. The van der Waals surface area contributed by atoms with Crippen LogP contribution in [0.2, 0.25) is 0 Å². The number of carbonyl (C=O) groups excluding carboxylic acids is 2. The fraction of sp³-hybridized carbons (Fsp3) is 0.556. The summed E-state index contributed by atoms with van der Waals surface area (Å²) < 4.78 is 0. The molecule has 21 heavy (non-hydrogen) atoms. The predicted octanol–water partition coefficient (Wildman–Crippen LogP) is 4.57. The number of rotatable bonds is 5. The summed E-state index contributed by atoms with van der Waals surface area (Å²) in [7, 11) is 0. The molecule has 0 atom stereocenters. The number of nitrogens with one attached hydrogen (secondary N) is 1. The Morgan fingerprint density at radius 2 is 1.48 bits per heavy atom. The number of benzene rings is 1. The molecule has 0 aliphatic carbocycles. The quantitative estimate of drug-likeness (QED) is 0.807. The maximum absolute atomic E-state index is 12.5. The first kappa shape index (κ1) is 17.4. The highest BCUT2D eigenvalue weighted by molar-refractivity contribution is 6.05. The number of hydrogen-bond acceptors (Lipinski definition) is 3. The molecule has 0 unspecified atom stereocenters. The van der Waals surface area contributed by atoms with Gasteiger partial charge in [-0.2, -0.15) is 0 Å². The fourth-order valence-corrected chi connectivity index (χ4v) is 2.08. The lowest BCUT2D eigenvalue weighted by atomic mass is 9.85. The number of Topliss-reactive ketones (excluding diaryl/α,β-unsaturated/α-hetero) is 2. The van der Waals surface area contributed by atoms with Crippen molar-refractivity contribution in [2.24, 2.45) is 11.3 Å². The lowest BCUT2D eigenvalue weighted by molar-refractivity contribution is 0.0858. The summed E-state index contributed by atoms with van der Waals surface area (Å²) in [6.45, 7) is 13.5. The van der Waals surface area contributed by atoms with E-state index in [2.05, 4.69) is 5.32 Å². The van der Waals surface area contributed by atoms with Crippen LogP contribution in [0.25, 0.3) is 0 Å². The summed E-state index contributed by atoms with van der Waals surface area (Å²) in [5.41, 5.74) is 1.55. The Morgan fingerprint density at radius 1 is 0.952 bits per heavy atom. The monoisotopic (exact) mass is 289 g/mol. The lowest BCUT2D eigenvalue weighted by Crippen LogP contribution is -2.21. The molecule has 0 spiro atoms. The number of carbonyl (C=O) groups is 2. The second-order valence-corrected chi connectivity index (χ2v) is 7.20. The van der Waals surface area contributed by atoms with E-state index in [4.69, 9.17) is 0 Å². The van der Waals surface area contributed by atoms with Crippen LogP contribution in [0.5, 0.6) is 0 Å². The third-order valence-corrected chi connectivity index (χ3v) is 3.14. The molecule has 1 N–H and O–H groups in total. The molecule has 1 rings (SSSR count). The van der Waals surface area contributed by atoms with Gasteiger partial charge in [0.25, 0.3) is 0 Å². The van der Waals surface area contributed by atoms with Crippen molar-refractivity contribution in [3.63, 3.8) is 0 Å². The van der Waals surface area contributed by atoms with Crippen LogP contribution in [0.4, 0.5) is 5.69 Å². The van der Waals surface area contributed by atoms with Gasteiger partial charge in [-0.05, 0) is 32.0 Å². The molecular weight excluding hydrogens is 262 g/mol. The summed E-state index contributed by atoms with van der Waals surface area (Å²) >= 11 is 0. The Labute approximate surface area is 128 Å². The van der Waals surface area contributed by atoms with Gasteiger partial charge in [0, 0.05) is 34.2 Å². The molecule has 116 valence electrons. The maximum Gasteiger partial charge on any atom is 0.168 e. The zero-order valence-corrected chi connectivity index (χ0v) is 14.2. The van der Waals surface area contributed by atoms with E-state index in [1.165, 1.54) is 0 Å². The van der Waals surface area contributed by atoms with Crippen molar-refractivity contribution in [2.45, 2.75) is 54.5 Å². The van der Waals surface area contributed by atoms with E-state index in [0.29, 0.717) is 11.1 Å². The van der Waals surface area contributed by atoms with E-state index in [1.54, 1.807) is 6.07 Å². The van der Waals surface area contributed by atoms with Crippen molar-refractivity contribution in [2.75, 3.05) is 5.32 Å². The van der Waals surface area contributed by atoms with E-state index >= 15 is 0 Å². The van der Waals surface area contributed by atoms with Gasteiger partial charge in [-0.1, -0.05) is 34.6 Å². The van der Waals surface area contributed by atoms with Gasteiger partial charge in [-0.25, -0.2) is 0 Å². The Bertz CT molecular complexity index is 537. The summed E-state index contributed by atoms with van der Waals surface area (Å²) in [5.74, 6) is 0.0231. The molecular formula is C18H27NO2. The molecule has 0 saturated heterocycles. The Balaban J connectivity index is 3.34. The molecule has 0 aliphatic rings. The van der Waals surface area contributed by atoms with Crippen LogP contribution in [0, 0.1) is 11.3 Å². The SMILES string of the molecule is CC(C)Nc1cc(C(=O)C(C)C)cc(C(=O)C(C)(C)C)c1. The molecule has 0 amide bonds. The molecule has 0 fully saturated rings. The van der Waals surface area contributed by atoms with Crippen LogP contribution < -0.4 is 5.32 Å². The van der Waals surface area contributed by atoms with E-state index in [1.807, 2.05) is 60.6 Å². The largest absolute Gasteiger partial charge is 0.383 e. The molecule has 1 aromatic rings. The van der Waals surface area contributed by atoms with Crippen LogP contribution in [0.3, 0.4) is 0 Å². The van der Waals surface area contributed by atoms with Crippen molar-refractivity contribution < 1.29 is 9.59 Å². The minimum atomic E-state index is -0.464. The van der Waals surface area contributed by atoms with Gasteiger partial charge in [0.05, 0.1) is 0 Å². The zero-order valence-electron chi connectivity index (χ0n) is 14.2. The number of hydrogen-bond donors (Lipinski definition) is 1. The molecule has 1 aromatic carbocycles. The zero-order chi connectivity index (χ0) is 16.4. The van der Waals surface area contributed by atoms with Gasteiger partial charge in [-0.15, -0.1) is 0 Å². The van der Waals surface area contributed by atoms with E-state index in [0.717, 1.165) is 5.69 Å². The van der Waals surface area contributed by atoms with Crippen LogP contribution in [-0.4, -0.2) is 17.6 Å². The Kier molecular flexibility index (Phi) is 5.32. The minimum Gasteiger partial charge on any atom is -0.383 e. The molecule has 0 aliphatic heterocycles. The molecule has 0 saturated carbocycles. The lowest BCUT2D eigenvalue weighted by Gasteiger charge is -2.19. The van der Waals surface area contributed by atoms with Crippen LogP contribution in [0.1, 0.15) is 69.2 Å². The molecule has 3 heteroatoms. The Hall–Kier alpha value is -1.64. The topological polar surface area (TPSA) is 46.2 Å². The van der Waals surface area contributed by atoms with Gasteiger partial charge in [-0.3, -0.25) is 9.59 Å². The third kappa shape index (κ3) is 4.69. The smallest absolute Gasteiger partial charge is 0.168 e. The molecule has 0 bridgehead atoms. The van der Waals surface area contributed by atoms with E-state index < -0.39 is 5.41 Å². The highest BCUT2D eigenvalue weighted by atomic mass is 16.1. The normalized spacial score (nSPS) is 11.9. The summed E-state index contributed by atoms with van der Waals surface area (Å²) in [6, 6.07) is 5.64. The summed E-state index contributed by atoms with van der Waals surface area (Å²) in [5, 5.41) is 3.28. The standard InChI is InChI=1S/C18H27NO2/c1-11(2)16(20)13-8-14(17(21)18(5,6)7)10-15(9-13)19-12(3)4/h8-12,19H,1-7H3. The second kappa shape index (κ2) is 6.42. The molecule has 0 heterocycles. The predicted molar refractivity (Wildman–Crippen MR) is 88.2 cm³/mol. The van der Waals surface area contributed by atoms with Gasteiger partial charge >= 0.3 is 0 Å². The summed E-state index contributed by atoms with van der Waals surface area (Å²) in [6.07, 6.45) is 0. The first-order valence-electron chi connectivity index (χ1n) is 7.53. The van der Waals surface area contributed by atoms with Gasteiger partial charge in [0.1, 0.15) is 0 Å². The van der Waals surface area contributed by atoms with Crippen molar-refractivity contribution in [1.82, 2.24) is 0 Å². The van der Waals surface area contributed by atoms with Gasteiger partial charge in [0.2, 0.25) is 0 Å². The van der Waals surface area contributed by atoms with Crippen molar-refractivity contribution >= 4 is 17.3 Å². The Morgan fingerprint density at radius 3 is 1.90 bits per heavy atom. The number of ketones is 2. The average Bonchev–Trinajstić information content (AvgIpc) is 2.34. The first-order valence-corrected chi connectivity index (χ1v) is 7.53. The highest BCUT2D eigenvalue weighted by Crippen LogP contribution is 2.25. The van der Waals surface area contributed by atoms with Crippen LogP contribution in [0.15, 0.2) is 18.2 Å². The van der Waals surface area contributed by atoms with E-state index in [9.17, 15) is 9.59 Å². The van der Waals surface area contributed by atoms with Gasteiger partial charge in [0.15, 0.2) is 11.6 Å². The minimum absolute atomic E-state index is 0.0488. The van der Waals surface area contributed by atoms with Crippen molar-refractivity contribution in [3.05, 3.63) is 29.3 Å². The molecule has 3 nitrogen and oxygen atoms in total. The maximum atomic E-state index is 12.5. The second-order valence-electron chi connectivity index (χ2n) is 7.20. The number of anilines is 1. The molecule has 0 aromatic heterocycles. The average molecular weight is 289 g/mol. The van der Waals surface area contributed by atoms with Crippen LogP contribution >= 0.6 is 0 Å². The van der Waals surface area contributed by atoms with Crippen molar-refractivity contribution in [3.8, 4) is 0 Å². The van der Waals surface area contributed by atoms with E-state index in [-0.39, 0.29) is 23.5 Å².